The molecule has 0 bridgehead atoms. The Balaban J connectivity index is 2.10. The van der Waals surface area contributed by atoms with E-state index in [4.69, 9.17) is 0 Å². The molecule has 0 aromatic carbocycles. The predicted octanol–water partition coefficient (Wildman–Crippen LogP) is 1.36. The van der Waals surface area contributed by atoms with E-state index in [1.165, 1.54) is 12.8 Å². The lowest BCUT2D eigenvalue weighted by atomic mass is 10.7. The maximum atomic E-state index is 2.32. The molecule has 1 fully saturated rings. The van der Waals surface area contributed by atoms with Crippen LogP contribution in [0.1, 0.15) is 12.8 Å². The highest BCUT2D eigenvalue weighted by Crippen LogP contribution is 2.28. The van der Waals surface area contributed by atoms with Gasteiger partial charge in [0.25, 0.3) is 0 Å². The maximum absolute atomic E-state index is 2.32. The SMILES string of the molecule is CSN(C)C1CC1. The highest BCUT2D eigenvalue weighted by Gasteiger charge is 2.25. The van der Waals surface area contributed by atoms with Gasteiger partial charge in [0.2, 0.25) is 0 Å². The molecule has 1 aliphatic rings. The van der Waals surface area contributed by atoms with E-state index < -0.39 is 0 Å². The Morgan fingerprint density at radius 3 is 2.29 bits per heavy atom. The number of nitrogens with zero attached hydrogens (tertiary/aromatic N) is 1. The summed E-state index contributed by atoms with van der Waals surface area (Å²) in [5.74, 6) is 0. The maximum Gasteiger partial charge on any atom is 0.0200 e. The number of hydrogen-bond acceptors (Lipinski definition) is 2. The first kappa shape index (κ1) is 5.45. The molecule has 0 spiro atoms. The summed E-state index contributed by atoms with van der Waals surface area (Å²) in [5.41, 5.74) is 0. The minimum atomic E-state index is 0.912. The van der Waals surface area contributed by atoms with Crippen molar-refractivity contribution >= 4 is 11.9 Å². The van der Waals surface area contributed by atoms with Gasteiger partial charge >= 0.3 is 0 Å². The van der Waals surface area contributed by atoms with Crippen LogP contribution < -0.4 is 0 Å². The third-order valence-corrected chi connectivity index (χ3v) is 2.22. The van der Waals surface area contributed by atoms with Gasteiger partial charge in [0.1, 0.15) is 0 Å². The van der Waals surface area contributed by atoms with Gasteiger partial charge in [0, 0.05) is 6.04 Å². The molecule has 1 rings (SSSR count). The summed E-state index contributed by atoms with van der Waals surface area (Å²) < 4.78 is 2.32. The van der Waals surface area contributed by atoms with Gasteiger partial charge in [0.15, 0.2) is 0 Å². The first-order chi connectivity index (χ1) is 3.34. The third kappa shape index (κ3) is 1.35. The lowest BCUT2D eigenvalue weighted by Gasteiger charge is -2.08. The van der Waals surface area contributed by atoms with E-state index >= 15 is 0 Å². The van der Waals surface area contributed by atoms with Crippen LogP contribution >= 0.6 is 11.9 Å². The third-order valence-electron chi connectivity index (χ3n) is 1.35. The second kappa shape index (κ2) is 2.05. The van der Waals surface area contributed by atoms with Crippen molar-refractivity contribution in [3.63, 3.8) is 0 Å². The van der Waals surface area contributed by atoms with Crippen LogP contribution in [-0.2, 0) is 0 Å². The van der Waals surface area contributed by atoms with Crippen molar-refractivity contribution in [2.24, 2.45) is 0 Å². The van der Waals surface area contributed by atoms with E-state index in [0.717, 1.165) is 6.04 Å². The van der Waals surface area contributed by atoms with Crippen LogP contribution in [0.25, 0.3) is 0 Å². The molecule has 0 amide bonds. The summed E-state index contributed by atoms with van der Waals surface area (Å²) in [4.78, 5) is 0. The molecular weight excluding hydrogens is 106 g/mol. The van der Waals surface area contributed by atoms with Gasteiger partial charge in [-0.1, -0.05) is 11.9 Å². The lowest BCUT2D eigenvalue weighted by molar-refractivity contribution is 0.561. The molecule has 0 aromatic rings. The second-order valence-corrected chi connectivity index (χ2v) is 2.90. The monoisotopic (exact) mass is 117 g/mol. The summed E-state index contributed by atoms with van der Waals surface area (Å²) in [6, 6.07) is 0.912. The Bertz CT molecular complexity index is 61.1. The summed E-state index contributed by atoms with van der Waals surface area (Å²) in [6.45, 7) is 0. The van der Waals surface area contributed by atoms with Gasteiger partial charge in [0.05, 0.1) is 0 Å². The van der Waals surface area contributed by atoms with Gasteiger partial charge in [-0.2, -0.15) is 0 Å². The Hall–Kier alpha value is 0.310. The van der Waals surface area contributed by atoms with Crippen LogP contribution in [-0.4, -0.2) is 23.7 Å². The fourth-order valence-corrected chi connectivity index (χ4v) is 1.10. The molecule has 0 heterocycles. The van der Waals surface area contributed by atoms with Crippen LogP contribution in [0.2, 0.25) is 0 Å². The van der Waals surface area contributed by atoms with Crippen molar-refractivity contribution < 1.29 is 0 Å². The molecule has 2 heteroatoms. The van der Waals surface area contributed by atoms with Gasteiger partial charge in [-0.15, -0.1) is 0 Å². The van der Waals surface area contributed by atoms with Gasteiger partial charge < -0.3 is 0 Å². The fourth-order valence-electron chi connectivity index (χ4n) is 0.587. The predicted molar refractivity (Wildman–Crippen MR) is 34.3 cm³/mol. The molecule has 1 aliphatic carbocycles. The smallest absolute Gasteiger partial charge is 0.0200 e. The quantitative estimate of drug-likeness (QED) is 0.502. The number of hydrogen-bond donors (Lipinski definition) is 0. The molecular formula is C5H11NS. The second-order valence-electron chi connectivity index (χ2n) is 1.96. The van der Waals surface area contributed by atoms with Crippen molar-refractivity contribution in [1.82, 2.24) is 4.31 Å². The van der Waals surface area contributed by atoms with Crippen molar-refractivity contribution in [2.75, 3.05) is 13.3 Å². The normalized spacial score (nSPS) is 21.0. The minimum Gasteiger partial charge on any atom is -0.251 e. The Labute approximate surface area is 49.2 Å². The highest BCUT2D eigenvalue weighted by molar-refractivity contribution is 7.96. The van der Waals surface area contributed by atoms with Crippen LogP contribution in [0.5, 0.6) is 0 Å². The molecule has 7 heavy (non-hydrogen) atoms. The van der Waals surface area contributed by atoms with E-state index in [0.29, 0.717) is 0 Å². The van der Waals surface area contributed by atoms with Crippen molar-refractivity contribution in [3.05, 3.63) is 0 Å². The molecule has 1 saturated carbocycles. The Kier molecular flexibility index (Phi) is 1.60. The van der Waals surface area contributed by atoms with Gasteiger partial charge in [-0.3, -0.25) is 4.31 Å². The highest BCUT2D eigenvalue weighted by atomic mass is 32.2. The standard InChI is InChI=1S/C5H11NS/c1-6(7-2)5-3-4-5/h5H,3-4H2,1-2H3. The Morgan fingerprint density at radius 1 is 1.57 bits per heavy atom. The lowest BCUT2D eigenvalue weighted by Crippen LogP contribution is -2.09. The largest absolute Gasteiger partial charge is 0.251 e. The van der Waals surface area contributed by atoms with Crippen LogP contribution in [0.15, 0.2) is 0 Å². The molecule has 0 aromatic heterocycles. The van der Waals surface area contributed by atoms with Crippen molar-refractivity contribution in [3.8, 4) is 0 Å². The molecule has 42 valence electrons. The molecule has 0 radical (unpaired) electrons. The van der Waals surface area contributed by atoms with Crippen LogP contribution in [0.4, 0.5) is 0 Å². The summed E-state index contributed by atoms with van der Waals surface area (Å²) in [6.07, 6.45) is 4.95. The molecule has 0 N–H and O–H groups in total. The fraction of sp³-hybridized carbons (Fsp3) is 1.00. The van der Waals surface area contributed by atoms with Gasteiger partial charge in [-0.25, -0.2) is 0 Å². The zero-order valence-corrected chi connectivity index (χ0v) is 5.66. The summed E-state index contributed by atoms with van der Waals surface area (Å²) in [5, 5.41) is 0. The first-order valence-electron chi connectivity index (χ1n) is 2.61. The topological polar surface area (TPSA) is 3.24 Å². The van der Waals surface area contributed by atoms with E-state index in [1.54, 1.807) is 0 Å². The zero-order chi connectivity index (χ0) is 5.28. The summed E-state index contributed by atoms with van der Waals surface area (Å²) >= 11 is 1.83. The zero-order valence-electron chi connectivity index (χ0n) is 4.85. The average Bonchev–Trinajstić information content (AvgIpc) is 2.44. The molecule has 1 nitrogen and oxygen atoms in total. The molecule has 0 atom stereocenters. The van der Waals surface area contributed by atoms with Crippen molar-refractivity contribution in [2.45, 2.75) is 18.9 Å². The minimum absolute atomic E-state index is 0.912. The van der Waals surface area contributed by atoms with Crippen LogP contribution in [0, 0.1) is 0 Å². The van der Waals surface area contributed by atoms with E-state index in [9.17, 15) is 0 Å². The molecule has 0 unspecified atom stereocenters. The molecule has 0 aliphatic heterocycles. The number of rotatable bonds is 2. The van der Waals surface area contributed by atoms with Crippen LogP contribution in [0.3, 0.4) is 0 Å². The molecule has 0 saturated heterocycles. The Morgan fingerprint density at radius 2 is 2.14 bits per heavy atom. The van der Waals surface area contributed by atoms with Crippen molar-refractivity contribution in [1.29, 1.82) is 0 Å². The van der Waals surface area contributed by atoms with E-state index in [1.807, 2.05) is 11.9 Å². The van der Waals surface area contributed by atoms with E-state index in [-0.39, 0.29) is 0 Å². The average molecular weight is 117 g/mol. The van der Waals surface area contributed by atoms with E-state index in [2.05, 4.69) is 17.6 Å². The summed E-state index contributed by atoms with van der Waals surface area (Å²) in [7, 11) is 2.16. The first-order valence-corrected chi connectivity index (χ1v) is 3.79. The van der Waals surface area contributed by atoms with Gasteiger partial charge in [-0.05, 0) is 26.1 Å².